The second-order valence-corrected chi connectivity index (χ2v) is 6.07. The van der Waals surface area contributed by atoms with Crippen LogP contribution >= 0.6 is 24.0 Å². The zero-order valence-electron chi connectivity index (χ0n) is 15.1. The fraction of sp³-hybridized carbons (Fsp3) is 0.556. The molecule has 0 spiro atoms. The summed E-state index contributed by atoms with van der Waals surface area (Å²) in [6.07, 6.45) is 2.46. The molecule has 1 aliphatic rings. The molecule has 1 saturated heterocycles. The van der Waals surface area contributed by atoms with E-state index in [1.165, 1.54) is 19.4 Å². The SMILES string of the molecule is CCNC(=O)c1cccc(CN=C(N)NCC2CCCN2CC)c1.I. The first kappa shape index (κ1) is 21.7. The van der Waals surface area contributed by atoms with Gasteiger partial charge in [-0.1, -0.05) is 19.1 Å². The van der Waals surface area contributed by atoms with E-state index in [2.05, 4.69) is 27.4 Å². The Labute approximate surface area is 167 Å². The van der Waals surface area contributed by atoms with Crippen molar-refractivity contribution in [2.75, 3.05) is 26.2 Å². The Kier molecular flexibility index (Phi) is 9.81. The highest BCUT2D eigenvalue weighted by Gasteiger charge is 2.22. The molecule has 4 N–H and O–H groups in total. The Morgan fingerprint density at radius 2 is 2.16 bits per heavy atom. The maximum Gasteiger partial charge on any atom is 0.251 e. The van der Waals surface area contributed by atoms with Crippen LogP contribution in [0.5, 0.6) is 0 Å². The number of benzene rings is 1. The van der Waals surface area contributed by atoms with Gasteiger partial charge in [-0.3, -0.25) is 9.69 Å². The number of carbonyl (C=O) groups excluding carboxylic acids is 1. The molecule has 1 aromatic rings. The van der Waals surface area contributed by atoms with Crippen molar-refractivity contribution in [1.82, 2.24) is 15.5 Å². The lowest BCUT2D eigenvalue weighted by Crippen LogP contribution is -2.42. The van der Waals surface area contributed by atoms with Crippen molar-refractivity contribution in [3.63, 3.8) is 0 Å². The second kappa shape index (κ2) is 11.3. The minimum absolute atomic E-state index is 0. The molecule has 0 radical (unpaired) electrons. The highest BCUT2D eigenvalue weighted by atomic mass is 127. The first-order chi connectivity index (χ1) is 11.6. The van der Waals surface area contributed by atoms with Crippen molar-refractivity contribution >= 4 is 35.8 Å². The van der Waals surface area contributed by atoms with E-state index < -0.39 is 0 Å². The molecule has 1 aromatic carbocycles. The highest BCUT2D eigenvalue weighted by Crippen LogP contribution is 2.15. The van der Waals surface area contributed by atoms with E-state index in [0.29, 0.717) is 30.7 Å². The van der Waals surface area contributed by atoms with Gasteiger partial charge in [-0.25, -0.2) is 4.99 Å². The van der Waals surface area contributed by atoms with Gasteiger partial charge in [0.1, 0.15) is 0 Å². The molecule has 1 unspecified atom stereocenters. The molecule has 1 atom stereocenters. The fourth-order valence-corrected chi connectivity index (χ4v) is 3.07. The number of nitrogens with zero attached hydrogens (tertiary/aromatic N) is 2. The van der Waals surface area contributed by atoms with Crippen LogP contribution in [0.1, 0.15) is 42.6 Å². The number of rotatable bonds is 7. The topological polar surface area (TPSA) is 82.8 Å². The molecular weight excluding hydrogens is 429 g/mol. The number of nitrogens with two attached hydrogens (primary N) is 1. The Balaban J connectivity index is 0.00000312. The van der Waals surface area contributed by atoms with Gasteiger partial charge in [0.25, 0.3) is 5.91 Å². The molecule has 1 heterocycles. The molecule has 0 aliphatic carbocycles. The number of hydrogen-bond donors (Lipinski definition) is 3. The maximum absolute atomic E-state index is 11.9. The van der Waals surface area contributed by atoms with E-state index in [-0.39, 0.29) is 29.9 Å². The summed E-state index contributed by atoms with van der Waals surface area (Å²) in [5, 5.41) is 6.02. The predicted molar refractivity (Wildman–Crippen MR) is 113 cm³/mol. The minimum atomic E-state index is -0.0599. The van der Waals surface area contributed by atoms with Crippen LogP contribution in [0.2, 0.25) is 0 Å². The second-order valence-electron chi connectivity index (χ2n) is 6.07. The number of carbonyl (C=O) groups is 1. The van der Waals surface area contributed by atoms with Crippen LogP contribution in [0.25, 0.3) is 0 Å². The van der Waals surface area contributed by atoms with Crippen molar-refractivity contribution in [2.24, 2.45) is 10.7 Å². The van der Waals surface area contributed by atoms with Crippen molar-refractivity contribution in [3.8, 4) is 0 Å². The maximum atomic E-state index is 11.9. The molecule has 0 saturated carbocycles. The fourth-order valence-electron chi connectivity index (χ4n) is 3.07. The van der Waals surface area contributed by atoms with E-state index in [1.54, 1.807) is 6.07 Å². The molecule has 0 aromatic heterocycles. The summed E-state index contributed by atoms with van der Waals surface area (Å²) < 4.78 is 0. The van der Waals surface area contributed by atoms with Crippen molar-refractivity contribution < 1.29 is 4.79 Å². The Bertz CT molecular complexity index is 578. The number of likely N-dealkylation sites (N-methyl/N-ethyl adjacent to an activating group) is 1. The van der Waals surface area contributed by atoms with Crippen LogP contribution in [0.3, 0.4) is 0 Å². The summed E-state index contributed by atoms with van der Waals surface area (Å²) in [5.41, 5.74) is 7.60. The van der Waals surface area contributed by atoms with Crippen LogP contribution in [0, 0.1) is 0 Å². The van der Waals surface area contributed by atoms with Crippen LogP contribution in [0.15, 0.2) is 29.3 Å². The summed E-state index contributed by atoms with van der Waals surface area (Å²) >= 11 is 0. The molecular formula is C18H30IN5O. The van der Waals surface area contributed by atoms with Crippen LogP contribution < -0.4 is 16.4 Å². The average Bonchev–Trinajstić information content (AvgIpc) is 3.06. The van der Waals surface area contributed by atoms with E-state index in [9.17, 15) is 4.79 Å². The van der Waals surface area contributed by atoms with E-state index in [1.807, 2.05) is 25.1 Å². The third-order valence-electron chi connectivity index (χ3n) is 4.38. The average molecular weight is 459 g/mol. The molecule has 2 rings (SSSR count). The first-order valence-electron chi connectivity index (χ1n) is 8.79. The van der Waals surface area contributed by atoms with Gasteiger partial charge in [0, 0.05) is 24.7 Å². The summed E-state index contributed by atoms with van der Waals surface area (Å²) in [6, 6.07) is 8.04. The highest BCUT2D eigenvalue weighted by molar-refractivity contribution is 14.0. The summed E-state index contributed by atoms with van der Waals surface area (Å²) in [4.78, 5) is 18.7. The Morgan fingerprint density at radius 1 is 1.36 bits per heavy atom. The summed E-state index contributed by atoms with van der Waals surface area (Å²) in [5.74, 6) is 0.400. The number of amides is 1. The van der Waals surface area contributed by atoms with Gasteiger partial charge in [-0.2, -0.15) is 0 Å². The number of hydrogen-bond acceptors (Lipinski definition) is 3. The molecule has 140 valence electrons. The lowest BCUT2D eigenvalue weighted by Gasteiger charge is -2.23. The van der Waals surface area contributed by atoms with Gasteiger partial charge in [-0.15, -0.1) is 24.0 Å². The molecule has 1 amide bonds. The zero-order chi connectivity index (χ0) is 17.4. The lowest BCUT2D eigenvalue weighted by molar-refractivity contribution is 0.0955. The van der Waals surface area contributed by atoms with Crippen molar-refractivity contribution in [2.45, 2.75) is 39.3 Å². The first-order valence-corrected chi connectivity index (χ1v) is 8.79. The van der Waals surface area contributed by atoms with Crippen LogP contribution in [-0.4, -0.2) is 49.0 Å². The standard InChI is InChI=1S/C18H29N5O.HI/c1-3-20-17(24)15-8-5-7-14(11-15)12-21-18(19)22-13-16-9-6-10-23(16)4-2;/h5,7-8,11,16H,3-4,6,9-10,12-13H2,1-2H3,(H,20,24)(H3,19,21,22);1H. The molecule has 0 bridgehead atoms. The van der Waals surface area contributed by atoms with Crippen LogP contribution in [0.4, 0.5) is 0 Å². The number of aliphatic imine (C=N–C) groups is 1. The van der Waals surface area contributed by atoms with Gasteiger partial charge in [-0.05, 0) is 50.6 Å². The minimum Gasteiger partial charge on any atom is -0.370 e. The van der Waals surface area contributed by atoms with Gasteiger partial charge >= 0.3 is 0 Å². The number of nitrogens with one attached hydrogen (secondary N) is 2. The lowest BCUT2D eigenvalue weighted by atomic mass is 10.1. The quantitative estimate of drug-likeness (QED) is 0.331. The van der Waals surface area contributed by atoms with Gasteiger partial charge in [0.15, 0.2) is 5.96 Å². The van der Waals surface area contributed by atoms with Gasteiger partial charge in [0.05, 0.1) is 6.54 Å². The largest absolute Gasteiger partial charge is 0.370 e. The van der Waals surface area contributed by atoms with Crippen molar-refractivity contribution in [1.29, 1.82) is 0 Å². The Morgan fingerprint density at radius 3 is 2.88 bits per heavy atom. The van der Waals surface area contributed by atoms with Crippen molar-refractivity contribution in [3.05, 3.63) is 35.4 Å². The smallest absolute Gasteiger partial charge is 0.251 e. The predicted octanol–water partition coefficient (Wildman–Crippen LogP) is 1.94. The molecule has 1 fully saturated rings. The molecule has 6 nitrogen and oxygen atoms in total. The van der Waals surface area contributed by atoms with E-state index in [4.69, 9.17) is 5.73 Å². The summed E-state index contributed by atoms with van der Waals surface area (Å²) in [7, 11) is 0. The van der Waals surface area contributed by atoms with E-state index in [0.717, 1.165) is 18.7 Å². The van der Waals surface area contributed by atoms with E-state index >= 15 is 0 Å². The number of halogens is 1. The zero-order valence-corrected chi connectivity index (χ0v) is 17.5. The number of likely N-dealkylation sites (tertiary alicyclic amines) is 1. The number of guanidine groups is 1. The third kappa shape index (κ3) is 6.81. The molecule has 25 heavy (non-hydrogen) atoms. The normalized spacial score (nSPS) is 17.8. The monoisotopic (exact) mass is 459 g/mol. The van der Waals surface area contributed by atoms with Crippen LogP contribution in [-0.2, 0) is 6.54 Å². The summed E-state index contributed by atoms with van der Waals surface area (Å²) in [6.45, 7) is 8.27. The van der Waals surface area contributed by atoms with Gasteiger partial charge in [0.2, 0.25) is 0 Å². The third-order valence-corrected chi connectivity index (χ3v) is 4.38. The van der Waals surface area contributed by atoms with Gasteiger partial charge < -0.3 is 16.4 Å². The Hall–Kier alpha value is -1.35. The molecule has 7 heteroatoms. The molecule has 1 aliphatic heterocycles.